The maximum absolute atomic E-state index is 6.07. The van der Waals surface area contributed by atoms with Gasteiger partial charge in [-0.25, -0.2) is 0 Å². The first-order valence-electron chi connectivity index (χ1n) is 6.49. The van der Waals surface area contributed by atoms with Crippen LogP contribution in [0, 0.1) is 0 Å². The number of benzene rings is 2. The largest absolute Gasteiger partial charge is 0.496 e. The minimum absolute atomic E-state index is 0.701. The predicted molar refractivity (Wildman–Crippen MR) is 90.1 cm³/mol. The van der Waals surface area contributed by atoms with Crippen LogP contribution < -0.4 is 14.8 Å². The highest BCUT2D eigenvalue weighted by Gasteiger charge is 2.11. The van der Waals surface area contributed by atoms with Gasteiger partial charge in [-0.2, -0.15) is 0 Å². The van der Waals surface area contributed by atoms with Crippen molar-refractivity contribution in [2.45, 2.75) is 10.6 Å². The molecule has 5 heteroatoms. The van der Waals surface area contributed by atoms with E-state index in [1.807, 2.05) is 43.4 Å². The minimum atomic E-state index is 0.701. The van der Waals surface area contributed by atoms with Gasteiger partial charge in [0.25, 0.3) is 0 Å². The summed E-state index contributed by atoms with van der Waals surface area (Å²) in [5.74, 6) is 2.46. The summed E-state index contributed by atoms with van der Waals surface area (Å²) in [6.45, 7) is 0. The van der Waals surface area contributed by atoms with Crippen LogP contribution in [-0.2, 0) is 5.75 Å². The van der Waals surface area contributed by atoms with Crippen molar-refractivity contribution in [3.63, 3.8) is 0 Å². The molecular formula is C16H18ClNO2S. The molecule has 21 heavy (non-hydrogen) atoms. The third-order valence-electron chi connectivity index (χ3n) is 3.12. The lowest BCUT2D eigenvalue weighted by Gasteiger charge is -2.14. The van der Waals surface area contributed by atoms with Gasteiger partial charge in [0.2, 0.25) is 0 Å². The van der Waals surface area contributed by atoms with Gasteiger partial charge in [-0.15, -0.1) is 11.8 Å². The molecule has 0 saturated heterocycles. The molecule has 0 bridgehead atoms. The Kier molecular flexibility index (Phi) is 5.65. The number of anilines is 1. The van der Waals surface area contributed by atoms with Crippen molar-refractivity contribution in [2.75, 3.05) is 26.6 Å². The summed E-state index contributed by atoms with van der Waals surface area (Å²) in [7, 11) is 5.25. The molecule has 0 saturated carbocycles. The molecule has 1 N–H and O–H groups in total. The summed E-state index contributed by atoms with van der Waals surface area (Å²) < 4.78 is 10.8. The van der Waals surface area contributed by atoms with Gasteiger partial charge in [0.05, 0.1) is 19.1 Å². The second-order valence-electron chi connectivity index (χ2n) is 4.32. The first kappa shape index (κ1) is 15.9. The van der Waals surface area contributed by atoms with Gasteiger partial charge in [0.15, 0.2) is 0 Å². The molecule has 0 aliphatic rings. The molecule has 2 aromatic carbocycles. The van der Waals surface area contributed by atoms with Crippen LogP contribution in [-0.4, -0.2) is 21.3 Å². The standard InChI is InChI=1S/C16H18ClNO2S/c1-18-13-5-4-6-14(19-2)12(13)10-21-16-9-11(17)7-8-15(16)20-3/h4-9,18H,10H2,1-3H3. The second-order valence-corrected chi connectivity index (χ2v) is 5.77. The molecule has 2 aromatic rings. The van der Waals surface area contributed by atoms with Gasteiger partial charge in [-0.1, -0.05) is 17.7 Å². The van der Waals surface area contributed by atoms with Crippen LogP contribution in [0.3, 0.4) is 0 Å². The fourth-order valence-electron chi connectivity index (χ4n) is 2.05. The van der Waals surface area contributed by atoms with Crippen LogP contribution in [0.4, 0.5) is 5.69 Å². The van der Waals surface area contributed by atoms with Gasteiger partial charge in [-0.05, 0) is 30.3 Å². The van der Waals surface area contributed by atoms with Gasteiger partial charge in [-0.3, -0.25) is 0 Å². The molecule has 2 rings (SSSR count). The van der Waals surface area contributed by atoms with Gasteiger partial charge in [0.1, 0.15) is 11.5 Å². The molecule has 3 nitrogen and oxygen atoms in total. The van der Waals surface area contributed by atoms with Crippen LogP contribution in [0.25, 0.3) is 0 Å². The van der Waals surface area contributed by atoms with E-state index < -0.39 is 0 Å². The Morgan fingerprint density at radius 2 is 1.86 bits per heavy atom. The summed E-state index contributed by atoms with van der Waals surface area (Å²) >= 11 is 7.74. The van der Waals surface area contributed by atoms with Crippen LogP contribution >= 0.6 is 23.4 Å². The van der Waals surface area contributed by atoms with E-state index in [2.05, 4.69) is 5.32 Å². The molecule has 0 aliphatic heterocycles. The molecule has 0 atom stereocenters. The number of methoxy groups -OCH3 is 2. The number of hydrogen-bond donors (Lipinski definition) is 1. The van der Waals surface area contributed by atoms with Crippen molar-refractivity contribution in [3.05, 3.63) is 47.0 Å². The second kappa shape index (κ2) is 7.48. The van der Waals surface area contributed by atoms with Crippen LogP contribution in [0.2, 0.25) is 5.02 Å². The Hall–Kier alpha value is -1.52. The quantitative estimate of drug-likeness (QED) is 0.781. The van der Waals surface area contributed by atoms with Crippen LogP contribution in [0.5, 0.6) is 11.5 Å². The Bertz CT molecular complexity index is 597. The minimum Gasteiger partial charge on any atom is -0.496 e. The molecule has 0 spiro atoms. The Morgan fingerprint density at radius 3 is 2.52 bits per heavy atom. The highest BCUT2D eigenvalue weighted by Crippen LogP contribution is 2.37. The van der Waals surface area contributed by atoms with E-state index in [4.69, 9.17) is 21.1 Å². The molecule has 0 aliphatic carbocycles. The number of hydrogen-bond acceptors (Lipinski definition) is 4. The molecule has 0 unspecified atom stereocenters. The average molecular weight is 324 g/mol. The third kappa shape index (κ3) is 3.77. The Morgan fingerprint density at radius 1 is 1.10 bits per heavy atom. The Balaban J connectivity index is 2.26. The van der Waals surface area contributed by atoms with Crippen molar-refractivity contribution in [2.24, 2.45) is 0 Å². The van der Waals surface area contributed by atoms with Crippen molar-refractivity contribution in [3.8, 4) is 11.5 Å². The lowest BCUT2D eigenvalue weighted by Crippen LogP contribution is -1.98. The lowest BCUT2D eigenvalue weighted by atomic mass is 10.2. The molecule has 0 amide bonds. The zero-order valence-corrected chi connectivity index (χ0v) is 13.8. The van der Waals surface area contributed by atoms with E-state index in [-0.39, 0.29) is 0 Å². The zero-order valence-electron chi connectivity index (χ0n) is 12.3. The number of rotatable bonds is 6. The number of thioether (sulfide) groups is 1. The van der Waals surface area contributed by atoms with E-state index >= 15 is 0 Å². The van der Waals surface area contributed by atoms with E-state index in [0.717, 1.165) is 33.4 Å². The lowest BCUT2D eigenvalue weighted by molar-refractivity contribution is 0.404. The fourth-order valence-corrected chi connectivity index (χ4v) is 3.39. The normalized spacial score (nSPS) is 10.3. The highest BCUT2D eigenvalue weighted by molar-refractivity contribution is 7.98. The average Bonchev–Trinajstić information content (AvgIpc) is 2.52. The topological polar surface area (TPSA) is 30.5 Å². The summed E-state index contributed by atoms with van der Waals surface area (Å²) in [5, 5.41) is 3.90. The third-order valence-corrected chi connectivity index (χ3v) is 4.42. The SMILES string of the molecule is CNc1cccc(OC)c1CSc1cc(Cl)ccc1OC. The van der Waals surface area contributed by atoms with E-state index in [9.17, 15) is 0 Å². The van der Waals surface area contributed by atoms with Crippen molar-refractivity contribution < 1.29 is 9.47 Å². The molecular weight excluding hydrogens is 306 g/mol. The monoisotopic (exact) mass is 323 g/mol. The first-order valence-corrected chi connectivity index (χ1v) is 7.86. The van der Waals surface area contributed by atoms with Gasteiger partial charge in [0, 0.05) is 29.1 Å². The number of nitrogens with one attached hydrogen (secondary N) is 1. The highest BCUT2D eigenvalue weighted by atomic mass is 35.5. The van der Waals surface area contributed by atoms with E-state index in [0.29, 0.717) is 5.02 Å². The molecule has 112 valence electrons. The zero-order chi connectivity index (χ0) is 15.2. The molecule has 0 aromatic heterocycles. The summed E-state index contributed by atoms with van der Waals surface area (Å²) in [6, 6.07) is 11.6. The van der Waals surface area contributed by atoms with E-state index in [1.165, 1.54) is 0 Å². The van der Waals surface area contributed by atoms with Gasteiger partial charge < -0.3 is 14.8 Å². The maximum atomic E-state index is 6.07. The van der Waals surface area contributed by atoms with Crippen molar-refractivity contribution in [1.29, 1.82) is 0 Å². The maximum Gasteiger partial charge on any atom is 0.132 e. The van der Waals surface area contributed by atoms with Crippen molar-refractivity contribution >= 4 is 29.1 Å². The van der Waals surface area contributed by atoms with E-state index in [1.54, 1.807) is 26.0 Å². The summed E-state index contributed by atoms with van der Waals surface area (Å²) in [5.41, 5.74) is 2.18. The predicted octanol–water partition coefficient (Wildman–Crippen LogP) is 4.69. The Labute approximate surface area is 134 Å². The summed E-state index contributed by atoms with van der Waals surface area (Å²) in [6.07, 6.45) is 0. The number of halogens is 1. The molecule has 0 heterocycles. The van der Waals surface area contributed by atoms with Gasteiger partial charge >= 0.3 is 0 Å². The fraction of sp³-hybridized carbons (Fsp3) is 0.250. The number of ether oxygens (including phenoxy) is 2. The summed E-state index contributed by atoms with van der Waals surface area (Å²) in [4.78, 5) is 1.01. The van der Waals surface area contributed by atoms with Crippen LogP contribution in [0.1, 0.15) is 5.56 Å². The smallest absolute Gasteiger partial charge is 0.132 e. The van der Waals surface area contributed by atoms with Crippen LogP contribution in [0.15, 0.2) is 41.3 Å². The van der Waals surface area contributed by atoms with Crippen molar-refractivity contribution in [1.82, 2.24) is 0 Å². The first-order chi connectivity index (χ1) is 10.2. The molecule has 0 fully saturated rings. The molecule has 0 radical (unpaired) electrons.